The van der Waals surface area contributed by atoms with Crippen LogP contribution in [0.4, 0.5) is 0 Å². The topological polar surface area (TPSA) is 76.7 Å². The van der Waals surface area contributed by atoms with Crippen LogP contribution in [0.5, 0.6) is 5.75 Å². The number of hydrogen-bond donors (Lipinski definition) is 1. The van der Waals surface area contributed by atoms with E-state index in [0.717, 1.165) is 6.08 Å². The van der Waals surface area contributed by atoms with Gasteiger partial charge in [0.1, 0.15) is 11.3 Å². The molecule has 1 aromatic heterocycles. The molecule has 1 aromatic carbocycles. The second kappa shape index (κ2) is 4.97. The summed E-state index contributed by atoms with van der Waals surface area (Å²) in [5.41, 5.74) is -0.489. The van der Waals surface area contributed by atoms with Crippen molar-refractivity contribution >= 4 is 22.5 Å². The van der Waals surface area contributed by atoms with Gasteiger partial charge in [-0.05, 0) is 19.1 Å². The van der Waals surface area contributed by atoms with Gasteiger partial charge in [-0.3, -0.25) is 4.79 Å². The maximum Gasteiger partial charge on any atom is 0.347 e. The van der Waals surface area contributed by atoms with Crippen LogP contribution in [0.25, 0.3) is 16.7 Å². The van der Waals surface area contributed by atoms with E-state index in [-0.39, 0.29) is 11.3 Å². The molecule has 0 saturated carbocycles. The van der Waals surface area contributed by atoms with Gasteiger partial charge in [-0.1, -0.05) is 12.1 Å². The molecule has 0 amide bonds. The van der Waals surface area contributed by atoms with E-state index in [0.29, 0.717) is 16.7 Å². The van der Waals surface area contributed by atoms with Gasteiger partial charge in [0.25, 0.3) is 0 Å². The lowest BCUT2D eigenvalue weighted by molar-refractivity contribution is -0.112. The molecule has 5 heteroatoms. The summed E-state index contributed by atoms with van der Waals surface area (Å²) in [7, 11) is 1.47. The summed E-state index contributed by atoms with van der Waals surface area (Å²) in [6.07, 6.45) is 0.970. The minimum absolute atomic E-state index is 0.0593. The lowest BCUT2D eigenvalue weighted by Gasteiger charge is -2.05. The van der Waals surface area contributed by atoms with E-state index in [1.807, 2.05) is 0 Å². The molecule has 1 heterocycles. The zero-order chi connectivity index (χ0) is 14.0. The van der Waals surface area contributed by atoms with Crippen LogP contribution in [0.1, 0.15) is 12.5 Å². The van der Waals surface area contributed by atoms with Crippen LogP contribution >= 0.6 is 0 Å². The van der Waals surface area contributed by atoms with Crippen LogP contribution in [0.2, 0.25) is 0 Å². The number of ether oxygens (including phenoxy) is 1. The fraction of sp³-hybridized carbons (Fsp3) is 0.143. The third-order valence-electron chi connectivity index (χ3n) is 2.56. The molecule has 0 atom stereocenters. The Balaban J connectivity index is 2.70. The van der Waals surface area contributed by atoms with Crippen LogP contribution in [0.3, 0.4) is 0 Å². The highest BCUT2D eigenvalue weighted by Crippen LogP contribution is 2.25. The summed E-state index contributed by atoms with van der Waals surface area (Å²) in [5, 5.41) is 10.3. The molecule has 0 aliphatic heterocycles. The molecule has 19 heavy (non-hydrogen) atoms. The predicted molar refractivity (Wildman–Crippen MR) is 70.3 cm³/mol. The molecule has 0 saturated heterocycles. The number of rotatable bonds is 3. The lowest BCUT2D eigenvalue weighted by atomic mass is 10.1. The van der Waals surface area contributed by atoms with Crippen molar-refractivity contribution in [2.45, 2.75) is 6.92 Å². The summed E-state index contributed by atoms with van der Waals surface area (Å²) in [4.78, 5) is 22.7. The monoisotopic (exact) mass is 260 g/mol. The van der Waals surface area contributed by atoms with Gasteiger partial charge in [-0.25, -0.2) is 4.79 Å². The smallest absolute Gasteiger partial charge is 0.347 e. The van der Waals surface area contributed by atoms with Crippen LogP contribution in [-0.2, 0) is 4.79 Å². The Morgan fingerprint density at radius 2 is 2.16 bits per heavy atom. The lowest BCUT2D eigenvalue weighted by Crippen LogP contribution is -2.07. The molecular formula is C14H12O5. The average Bonchev–Trinajstić information content (AvgIpc) is 2.36. The number of benzene rings is 1. The second-order valence-corrected chi connectivity index (χ2v) is 3.97. The highest BCUT2D eigenvalue weighted by atomic mass is 16.5. The van der Waals surface area contributed by atoms with Crippen molar-refractivity contribution in [2.75, 3.05) is 7.11 Å². The van der Waals surface area contributed by atoms with Crippen molar-refractivity contribution in [1.82, 2.24) is 0 Å². The van der Waals surface area contributed by atoms with Gasteiger partial charge >= 0.3 is 5.63 Å². The maximum absolute atomic E-state index is 11.8. The Morgan fingerprint density at radius 3 is 2.79 bits per heavy atom. The summed E-state index contributed by atoms with van der Waals surface area (Å²) < 4.78 is 10.2. The van der Waals surface area contributed by atoms with Crippen molar-refractivity contribution in [2.24, 2.45) is 0 Å². The van der Waals surface area contributed by atoms with E-state index in [4.69, 9.17) is 9.15 Å². The van der Waals surface area contributed by atoms with E-state index in [1.54, 1.807) is 18.2 Å². The number of aliphatic hydroxyl groups is 1. The van der Waals surface area contributed by atoms with Crippen LogP contribution in [-0.4, -0.2) is 18.0 Å². The van der Waals surface area contributed by atoms with Gasteiger partial charge in [0.15, 0.2) is 17.1 Å². The number of allylic oxidation sites excluding steroid dienone is 1. The molecule has 5 nitrogen and oxygen atoms in total. The molecule has 0 unspecified atom stereocenters. The zero-order valence-electron chi connectivity index (χ0n) is 10.5. The van der Waals surface area contributed by atoms with Crippen molar-refractivity contribution in [3.05, 3.63) is 46.3 Å². The number of hydrogen-bond acceptors (Lipinski definition) is 5. The fourth-order valence-electron chi connectivity index (χ4n) is 1.73. The number of carbonyl (C=O) groups excluding carboxylic acids is 1. The molecule has 0 radical (unpaired) electrons. The quantitative estimate of drug-likeness (QED) is 0.520. The van der Waals surface area contributed by atoms with E-state index >= 15 is 0 Å². The molecular weight excluding hydrogens is 248 g/mol. The number of fused-ring (bicyclic) bond motifs is 1. The molecule has 0 aliphatic carbocycles. The first-order chi connectivity index (χ1) is 9.02. The first-order valence-electron chi connectivity index (χ1n) is 5.55. The first kappa shape index (κ1) is 12.9. The van der Waals surface area contributed by atoms with Gasteiger partial charge in [0.2, 0.25) is 0 Å². The van der Waals surface area contributed by atoms with Crippen molar-refractivity contribution in [3.63, 3.8) is 0 Å². The van der Waals surface area contributed by atoms with Crippen LogP contribution in [0, 0.1) is 0 Å². The number of carbonyl (C=O) groups is 1. The molecule has 1 N–H and O–H groups in total. The number of para-hydroxylation sites is 1. The molecule has 98 valence electrons. The molecule has 2 aromatic rings. The third kappa shape index (κ3) is 2.49. The van der Waals surface area contributed by atoms with E-state index in [2.05, 4.69) is 0 Å². The van der Waals surface area contributed by atoms with Gasteiger partial charge in [0.05, 0.1) is 7.11 Å². The van der Waals surface area contributed by atoms with Crippen LogP contribution < -0.4 is 10.4 Å². The molecule has 0 aliphatic rings. The molecule has 0 spiro atoms. The summed E-state index contributed by atoms with van der Waals surface area (Å²) in [6.45, 7) is 1.28. The Kier molecular flexibility index (Phi) is 3.37. The number of aliphatic hydroxyl groups excluding tert-OH is 1. The van der Waals surface area contributed by atoms with Gasteiger partial charge < -0.3 is 14.3 Å². The number of methoxy groups -OCH3 is 1. The van der Waals surface area contributed by atoms with E-state index in [9.17, 15) is 14.7 Å². The van der Waals surface area contributed by atoms with Crippen LogP contribution in [0.15, 0.2) is 39.6 Å². The molecule has 0 fully saturated rings. The van der Waals surface area contributed by atoms with E-state index < -0.39 is 11.4 Å². The molecule has 0 bridgehead atoms. The highest BCUT2D eigenvalue weighted by Gasteiger charge is 2.12. The predicted octanol–water partition coefficient (Wildman–Crippen LogP) is 2.29. The Hall–Kier alpha value is -2.56. The number of ketones is 1. The SMILES string of the molecule is COc1cccc2cc(C(O)=CC(C)=O)c(=O)oc12. The van der Waals surface area contributed by atoms with Gasteiger partial charge in [0, 0.05) is 11.5 Å². The van der Waals surface area contributed by atoms with Crippen molar-refractivity contribution in [1.29, 1.82) is 0 Å². The van der Waals surface area contributed by atoms with Crippen molar-refractivity contribution < 1.29 is 19.1 Å². The minimum atomic E-state index is -0.730. The first-order valence-corrected chi connectivity index (χ1v) is 5.55. The minimum Gasteiger partial charge on any atom is -0.507 e. The highest BCUT2D eigenvalue weighted by molar-refractivity contribution is 5.94. The normalized spacial score (nSPS) is 11.6. The Morgan fingerprint density at radius 1 is 1.42 bits per heavy atom. The van der Waals surface area contributed by atoms with Crippen molar-refractivity contribution in [3.8, 4) is 5.75 Å². The second-order valence-electron chi connectivity index (χ2n) is 3.97. The largest absolute Gasteiger partial charge is 0.507 e. The zero-order valence-corrected chi connectivity index (χ0v) is 10.5. The summed E-state index contributed by atoms with van der Waals surface area (Å²) in [5.74, 6) is -0.343. The average molecular weight is 260 g/mol. The Bertz CT molecular complexity index is 724. The fourth-order valence-corrected chi connectivity index (χ4v) is 1.73. The third-order valence-corrected chi connectivity index (χ3v) is 2.56. The van der Waals surface area contributed by atoms with Gasteiger partial charge in [-0.2, -0.15) is 0 Å². The summed E-state index contributed by atoms with van der Waals surface area (Å²) >= 11 is 0. The molecule has 2 rings (SSSR count). The maximum atomic E-state index is 11.8. The van der Waals surface area contributed by atoms with E-state index in [1.165, 1.54) is 20.1 Å². The standard InChI is InChI=1S/C14H12O5/c1-8(15)6-11(16)10-7-9-4-3-5-12(18-2)13(9)19-14(10)17/h3-7,16H,1-2H3. The summed E-state index contributed by atoms with van der Waals surface area (Å²) in [6, 6.07) is 6.57. The Labute approximate surface area is 108 Å². The van der Waals surface area contributed by atoms with Gasteiger partial charge in [-0.15, -0.1) is 0 Å².